The Morgan fingerprint density at radius 1 is 1.26 bits per heavy atom. The summed E-state index contributed by atoms with van der Waals surface area (Å²) in [6.45, 7) is 0. The number of nitro benzene ring substituents is 1. The first-order valence-corrected chi connectivity index (χ1v) is 6.83. The average molecular weight is 335 g/mol. The van der Waals surface area contributed by atoms with Gasteiger partial charge in [-0.2, -0.15) is 5.26 Å². The van der Waals surface area contributed by atoms with E-state index in [0.717, 1.165) is 4.90 Å². The molecule has 94 valence electrons. The van der Waals surface area contributed by atoms with Gasteiger partial charge < -0.3 is 0 Å². The molecule has 4 nitrogen and oxygen atoms in total. The molecule has 0 aromatic heterocycles. The van der Waals surface area contributed by atoms with Crippen molar-refractivity contribution in [1.82, 2.24) is 0 Å². The minimum atomic E-state index is -0.402. The molecule has 2 aromatic carbocycles. The second-order valence-corrected chi connectivity index (χ2v) is 5.55. The van der Waals surface area contributed by atoms with Crippen molar-refractivity contribution in [2.75, 3.05) is 0 Å². The minimum Gasteiger partial charge on any atom is -0.258 e. The van der Waals surface area contributed by atoms with Gasteiger partial charge in [0.15, 0.2) is 0 Å². The first-order chi connectivity index (χ1) is 9.11. The van der Waals surface area contributed by atoms with Crippen LogP contribution in [-0.2, 0) is 0 Å². The van der Waals surface area contributed by atoms with E-state index >= 15 is 0 Å². The van der Waals surface area contributed by atoms with Crippen LogP contribution in [0.4, 0.5) is 5.69 Å². The van der Waals surface area contributed by atoms with Gasteiger partial charge in [-0.1, -0.05) is 23.9 Å². The van der Waals surface area contributed by atoms with Crippen molar-refractivity contribution >= 4 is 33.4 Å². The molecule has 0 atom stereocenters. The Labute approximate surface area is 122 Å². The molecule has 0 aliphatic heterocycles. The highest BCUT2D eigenvalue weighted by molar-refractivity contribution is 9.10. The molecule has 2 aromatic rings. The van der Waals surface area contributed by atoms with Crippen LogP contribution in [-0.4, -0.2) is 4.92 Å². The molecule has 0 unspecified atom stereocenters. The lowest BCUT2D eigenvalue weighted by atomic mass is 10.2. The fourth-order valence-electron chi connectivity index (χ4n) is 1.47. The van der Waals surface area contributed by atoms with Crippen LogP contribution in [0.25, 0.3) is 0 Å². The third-order valence-corrected chi connectivity index (χ3v) is 4.06. The molecule has 0 radical (unpaired) electrons. The van der Waals surface area contributed by atoms with Gasteiger partial charge >= 0.3 is 0 Å². The standard InChI is InChI=1S/C13H7BrN2O2S/c14-11-7-10(6-5-9(11)8-15)19-13-4-2-1-3-12(13)16(17)18/h1-7H. The second kappa shape index (κ2) is 5.87. The Bertz CT molecular complexity index is 683. The van der Waals surface area contributed by atoms with Crippen LogP contribution in [0.15, 0.2) is 56.7 Å². The van der Waals surface area contributed by atoms with Crippen LogP contribution in [0.3, 0.4) is 0 Å². The molecule has 0 heterocycles. The van der Waals surface area contributed by atoms with Gasteiger partial charge in [0.2, 0.25) is 0 Å². The quantitative estimate of drug-likeness (QED) is 0.617. The molecule has 0 amide bonds. The van der Waals surface area contributed by atoms with E-state index in [0.29, 0.717) is 14.9 Å². The van der Waals surface area contributed by atoms with Crippen molar-refractivity contribution in [2.45, 2.75) is 9.79 Å². The number of benzene rings is 2. The normalized spacial score (nSPS) is 9.89. The second-order valence-electron chi connectivity index (χ2n) is 3.58. The molecular formula is C13H7BrN2O2S. The molecule has 0 saturated carbocycles. The van der Waals surface area contributed by atoms with Gasteiger partial charge in [-0.05, 0) is 40.2 Å². The highest BCUT2D eigenvalue weighted by Gasteiger charge is 2.13. The Balaban J connectivity index is 2.34. The lowest BCUT2D eigenvalue weighted by Gasteiger charge is -2.04. The van der Waals surface area contributed by atoms with Gasteiger partial charge in [-0.3, -0.25) is 10.1 Å². The summed E-state index contributed by atoms with van der Waals surface area (Å²) in [5.74, 6) is 0. The fraction of sp³-hybridized carbons (Fsp3) is 0. The van der Waals surface area contributed by atoms with Gasteiger partial charge in [0.05, 0.1) is 15.4 Å². The maximum absolute atomic E-state index is 10.9. The molecule has 0 fully saturated rings. The third-order valence-electron chi connectivity index (χ3n) is 2.35. The molecular weight excluding hydrogens is 328 g/mol. The predicted octanol–water partition coefficient (Wildman–Crippen LogP) is 4.38. The summed E-state index contributed by atoms with van der Waals surface area (Å²) >= 11 is 4.59. The molecule has 0 N–H and O–H groups in total. The number of hydrogen-bond acceptors (Lipinski definition) is 4. The van der Waals surface area contributed by atoms with Gasteiger partial charge in [0.1, 0.15) is 6.07 Å². The maximum Gasteiger partial charge on any atom is 0.283 e. The van der Waals surface area contributed by atoms with Crippen molar-refractivity contribution in [1.29, 1.82) is 5.26 Å². The van der Waals surface area contributed by atoms with Gasteiger partial charge in [-0.25, -0.2) is 0 Å². The summed E-state index contributed by atoms with van der Waals surface area (Å²) in [7, 11) is 0. The van der Waals surface area contributed by atoms with Crippen molar-refractivity contribution in [3.8, 4) is 6.07 Å². The number of nitriles is 1. The number of nitro groups is 1. The van der Waals surface area contributed by atoms with E-state index in [1.54, 1.807) is 36.4 Å². The van der Waals surface area contributed by atoms with E-state index in [4.69, 9.17) is 5.26 Å². The van der Waals surface area contributed by atoms with Crippen LogP contribution in [0.5, 0.6) is 0 Å². The van der Waals surface area contributed by atoms with E-state index in [1.807, 2.05) is 0 Å². The van der Waals surface area contributed by atoms with E-state index in [-0.39, 0.29) is 5.69 Å². The number of rotatable bonds is 3. The zero-order chi connectivity index (χ0) is 13.8. The van der Waals surface area contributed by atoms with Crippen molar-refractivity contribution in [3.63, 3.8) is 0 Å². The molecule has 19 heavy (non-hydrogen) atoms. The average Bonchev–Trinajstić information content (AvgIpc) is 2.39. The highest BCUT2D eigenvalue weighted by Crippen LogP contribution is 2.35. The van der Waals surface area contributed by atoms with Crippen LogP contribution >= 0.6 is 27.7 Å². The molecule has 0 aliphatic carbocycles. The first-order valence-electron chi connectivity index (χ1n) is 5.22. The van der Waals surface area contributed by atoms with Crippen molar-refractivity contribution < 1.29 is 4.92 Å². The maximum atomic E-state index is 10.9. The van der Waals surface area contributed by atoms with E-state index in [2.05, 4.69) is 22.0 Å². The van der Waals surface area contributed by atoms with Crippen molar-refractivity contribution in [3.05, 3.63) is 62.6 Å². The molecule has 0 bridgehead atoms. The lowest BCUT2D eigenvalue weighted by molar-refractivity contribution is -0.387. The number of nitrogens with zero attached hydrogens (tertiary/aromatic N) is 2. The van der Waals surface area contributed by atoms with E-state index in [1.165, 1.54) is 17.8 Å². The largest absolute Gasteiger partial charge is 0.283 e. The summed E-state index contributed by atoms with van der Waals surface area (Å²) < 4.78 is 0.679. The summed E-state index contributed by atoms with van der Waals surface area (Å²) in [5.41, 5.74) is 0.611. The summed E-state index contributed by atoms with van der Waals surface area (Å²) in [6, 6.07) is 13.8. The van der Waals surface area contributed by atoms with E-state index in [9.17, 15) is 10.1 Å². The van der Waals surface area contributed by atoms with Gasteiger partial charge in [-0.15, -0.1) is 0 Å². The van der Waals surface area contributed by atoms with Crippen molar-refractivity contribution in [2.24, 2.45) is 0 Å². The summed E-state index contributed by atoms with van der Waals surface area (Å²) in [6.07, 6.45) is 0. The Hall–Kier alpha value is -1.84. The number of halogens is 1. The lowest BCUT2D eigenvalue weighted by Crippen LogP contribution is -1.90. The molecule has 0 aliphatic rings. The van der Waals surface area contributed by atoms with Gasteiger partial charge in [0, 0.05) is 15.4 Å². The van der Waals surface area contributed by atoms with Crippen LogP contribution in [0.2, 0.25) is 0 Å². The Morgan fingerprint density at radius 3 is 2.63 bits per heavy atom. The van der Waals surface area contributed by atoms with Crippen LogP contribution < -0.4 is 0 Å². The molecule has 0 spiro atoms. The van der Waals surface area contributed by atoms with Crippen LogP contribution in [0.1, 0.15) is 5.56 Å². The topological polar surface area (TPSA) is 66.9 Å². The third kappa shape index (κ3) is 3.13. The first kappa shape index (κ1) is 13.6. The number of hydrogen-bond donors (Lipinski definition) is 0. The van der Waals surface area contributed by atoms with E-state index < -0.39 is 4.92 Å². The zero-order valence-electron chi connectivity index (χ0n) is 9.54. The molecule has 6 heteroatoms. The molecule has 2 rings (SSSR count). The van der Waals surface area contributed by atoms with Gasteiger partial charge in [0.25, 0.3) is 5.69 Å². The monoisotopic (exact) mass is 334 g/mol. The Morgan fingerprint density at radius 2 is 2.00 bits per heavy atom. The van der Waals surface area contributed by atoms with Crippen LogP contribution in [0, 0.1) is 21.4 Å². The zero-order valence-corrected chi connectivity index (χ0v) is 11.9. The molecule has 0 saturated heterocycles. The Kier molecular flexibility index (Phi) is 4.20. The number of para-hydroxylation sites is 1. The highest BCUT2D eigenvalue weighted by atomic mass is 79.9. The predicted molar refractivity (Wildman–Crippen MR) is 76.1 cm³/mol. The summed E-state index contributed by atoms with van der Waals surface area (Å²) in [5, 5.41) is 19.8. The summed E-state index contributed by atoms with van der Waals surface area (Å²) in [4.78, 5) is 11.9. The smallest absolute Gasteiger partial charge is 0.258 e. The minimum absolute atomic E-state index is 0.0768. The SMILES string of the molecule is N#Cc1ccc(Sc2ccccc2[N+](=O)[O-])cc1Br. The fourth-order valence-corrected chi connectivity index (χ4v) is 3.05.